The fourth-order valence-electron chi connectivity index (χ4n) is 4.06. The van der Waals surface area contributed by atoms with Crippen LogP contribution in [0.4, 0.5) is 5.82 Å². The van der Waals surface area contributed by atoms with Crippen LogP contribution in [-0.4, -0.2) is 62.0 Å². The van der Waals surface area contributed by atoms with Crippen molar-refractivity contribution in [2.24, 2.45) is 5.41 Å². The van der Waals surface area contributed by atoms with E-state index in [2.05, 4.69) is 19.9 Å². The van der Waals surface area contributed by atoms with Gasteiger partial charge in [0.2, 0.25) is 5.91 Å². The summed E-state index contributed by atoms with van der Waals surface area (Å²) in [5, 5.41) is 10.4. The van der Waals surface area contributed by atoms with E-state index < -0.39 is 11.4 Å². The van der Waals surface area contributed by atoms with Crippen molar-refractivity contribution in [3.63, 3.8) is 0 Å². The average Bonchev–Trinajstić information content (AvgIpc) is 3.52. The number of aromatic amines is 1. The summed E-state index contributed by atoms with van der Waals surface area (Å²) < 4.78 is 0. The smallest absolute Gasteiger partial charge is 0.319 e. The second-order valence-corrected chi connectivity index (χ2v) is 7.43. The number of hydrogen-bond acceptors (Lipinski definition) is 5. The van der Waals surface area contributed by atoms with Crippen LogP contribution in [0.2, 0.25) is 0 Å². The summed E-state index contributed by atoms with van der Waals surface area (Å²) in [5.41, 5.74) is -0.578. The minimum absolute atomic E-state index is 0.188. The number of anilines is 1. The molecule has 0 aromatic carbocycles. The van der Waals surface area contributed by atoms with E-state index in [4.69, 9.17) is 0 Å². The molecule has 25 heavy (non-hydrogen) atoms. The monoisotopic (exact) mass is 341 g/mol. The van der Waals surface area contributed by atoms with E-state index in [-0.39, 0.29) is 11.4 Å². The number of amides is 1. The lowest BCUT2D eigenvalue weighted by atomic mass is 10.0. The predicted octanol–water partition coefficient (Wildman–Crippen LogP) is 1.00. The first-order valence-electron chi connectivity index (χ1n) is 8.64. The maximum Gasteiger partial charge on any atom is 0.319 e. The van der Waals surface area contributed by atoms with Gasteiger partial charge in [0.05, 0.1) is 10.9 Å². The second-order valence-electron chi connectivity index (χ2n) is 7.43. The van der Waals surface area contributed by atoms with Crippen molar-refractivity contribution in [2.45, 2.75) is 31.2 Å². The van der Waals surface area contributed by atoms with Gasteiger partial charge in [-0.1, -0.05) is 0 Å². The van der Waals surface area contributed by atoms with Crippen molar-refractivity contribution in [3.8, 4) is 0 Å². The van der Waals surface area contributed by atoms with Gasteiger partial charge < -0.3 is 19.9 Å². The van der Waals surface area contributed by atoms with Crippen LogP contribution in [0.25, 0.3) is 11.0 Å². The maximum atomic E-state index is 12.9. The summed E-state index contributed by atoms with van der Waals surface area (Å²) >= 11 is 0. The van der Waals surface area contributed by atoms with Crippen LogP contribution >= 0.6 is 0 Å². The molecule has 0 bridgehead atoms. The zero-order valence-electron chi connectivity index (χ0n) is 13.7. The number of fused-ring (bicyclic) bond motifs is 1. The molecule has 2 aromatic rings. The number of aliphatic carboxylic acids is 1. The number of nitrogens with zero attached hydrogens (tertiary/aromatic N) is 4. The van der Waals surface area contributed by atoms with Gasteiger partial charge in [0.15, 0.2) is 0 Å². The van der Waals surface area contributed by atoms with E-state index in [1.807, 2.05) is 17.2 Å². The molecule has 2 aromatic heterocycles. The van der Waals surface area contributed by atoms with Gasteiger partial charge in [-0.15, -0.1) is 0 Å². The Morgan fingerprint density at radius 1 is 1.16 bits per heavy atom. The molecule has 0 radical (unpaired) electrons. The van der Waals surface area contributed by atoms with E-state index in [0.717, 1.165) is 29.7 Å². The highest BCUT2D eigenvalue weighted by Crippen LogP contribution is 2.53. The largest absolute Gasteiger partial charge is 0.480 e. The fraction of sp³-hybridized carbons (Fsp3) is 0.529. The molecule has 2 aliphatic carbocycles. The highest BCUT2D eigenvalue weighted by Gasteiger charge is 2.63. The lowest BCUT2D eigenvalue weighted by molar-refractivity contribution is -0.155. The average molecular weight is 341 g/mol. The normalized spacial score (nSPS) is 23.0. The van der Waals surface area contributed by atoms with Gasteiger partial charge in [-0.05, 0) is 31.7 Å². The number of carboxylic acids is 1. The first-order valence-corrected chi connectivity index (χ1v) is 8.64. The van der Waals surface area contributed by atoms with Crippen molar-refractivity contribution < 1.29 is 14.7 Å². The van der Waals surface area contributed by atoms with Crippen LogP contribution < -0.4 is 4.90 Å². The van der Waals surface area contributed by atoms with Gasteiger partial charge in [0.25, 0.3) is 0 Å². The van der Waals surface area contributed by atoms with Crippen molar-refractivity contribution in [3.05, 3.63) is 18.6 Å². The number of rotatable bonds is 3. The van der Waals surface area contributed by atoms with Crippen molar-refractivity contribution in [2.75, 3.05) is 24.5 Å². The van der Waals surface area contributed by atoms with E-state index in [1.165, 1.54) is 0 Å². The van der Waals surface area contributed by atoms with E-state index in [0.29, 0.717) is 32.5 Å². The number of H-pyrrole nitrogens is 1. The predicted molar refractivity (Wildman–Crippen MR) is 89.1 cm³/mol. The summed E-state index contributed by atoms with van der Waals surface area (Å²) in [7, 11) is 0. The minimum Gasteiger partial charge on any atom is -0.480 e. The van der Waals surface area contributed by atoms with Crippen LogP contribution in [0.3, 0.4) is 0 Å². The Labute approximate surface area is 143 Å². The van der Waals surface area contributed by atoms with Crippen LogP contribution in [0.5, 0.6) is 0 Å². The van der Waals surface area contributed by atoms with E-state index >= 15 is 0 Å². The van der Waals surface area contributed by atoms with Crippen molar-refractivity contribution in [1.82, 2.24) is 19.9 Å². The molecule has 0 atom stereocenters. The Morgan fingerprint density at radius 2 is 1.96 bits per heavy atom. The molecule has 0 unspecified atom stereocenters. The zero-order valence-corrected chi connectivity index (χ0v) is 13.7. The molecule has 3 aliphatic rings. The molecule has 130 valence electrons. The van der Waals surface area contributed by atoms with Gasteiger partial charge in [-0.25, -0.2) is 9.97 Å². The Hall–Kier alpha value is -2.64. The molecule has 2 N–H and O–H groups in total. The highest BCUT2D eigenvalue weighted by molar-refractivity contribution is 6.05. The summed E-state index contributed by atoms with van der Waals surface area (Å²) in [5.74, 6) is -0.281. The number of hydrogen-bond donors (Lipinski definition) is 2. The van der Waals surface area contributed by atoms with Crippen LogP contribution in [-0.2, 0) is 9.59 Å². The molecule has 1 aliphatic heterocycles. The number of piperazine rings is 1. The van der Waals surface area contributed by atoms with Gasteiger partial charge in [-0.3, -0.25) is 9.59 Å². The minimum atomic E-state index is -1.15. The molecule has 1 spiro atoms. The number of aromatic nitrogens is 3. The van der Waals surface area contributed by atoms with Crippen LogP contribution in [0, 0.1) is 5.41 Å². The van der Waals surface area contributed by atoms with Crippen molar-refractivity contribution >= 4 is 28.7 Å². The van der Waals surface area contributed by atoms with Crippen molar-refractivity contribution in [1.29, 1.82) is 0 Å². The van der Waals surface area contributed by atoms with E-state index in [1.54, 1.807) is 6.33 Å². The zero-order chi connectivity index (χ0) is 17.2. The molecule has 2 saturated carbocycles. The number of carbonyl (C=O) groups is 2. The third kappa shape index (κ3) is 1.99. The summed E-state index contributed by atoms with van der Waals surface area (Å²) in [4.78, 5) is 40.2. The molecule has 3 heterocycles. The lowest BCUT2D eigenvalue weighted by Gasteiger charge is -2.43. The SMILES string of the molecule is O=C(O)C1(C(=O)N2CCN(c3ncnc4[nH]ccc34)CC23CC3)CC1. The number of carboxylic acid groups (broad SMARTS) is 1. The second kappa shape index (κ2) is 4.71. The number of nitrogens with one attached hydrogen (secondary N) is 1. The van der Waals surface area contributed by atoms with Gasteiger partial charge in [0, 0.05) is 25.8 Å². The van der Waals surface area contributed by atoms with Gasteiger partial charge >= 0.3 is 5.97 Å². The summed E-state index contributed by atoms with van der Waals surface area (Å²) in [6, 6.07) is 1.96. The third-order valence-electron chi connectivity index (χ3n) is 5.92. The molecule has 5 rings (SSSR count). The van der Waals surface area contributed by atoms with Gasteiger partial charge in [0.1, 0.15) is 23.2 Å². The van der Waals surface area contributed by atoms with Crippen LogP contribution in [0.1, 0.15) is 25.7 Å². The van der Waals surface area contributed by atoms with E-state index in [9.17, 15) is 14.7 Å². The Balaban J connectivity index is 1.43. The molecular formula is C17H19N5O3. The molecule has 1 saturated heterocycles. The standard InChI is InChI=1S/C17H19N5O3/c23-14(17(4-5-17)15(24)25)22-8-7-21(9-16(22)2-3-16)13-11-1-6-18-12(11)19-10-20-13/h1,6,10H,2-5,7-9H2,(H,24,25)(H,18,19,20). The van der Waals surface area contributed by atoms with Crippen LogP contribution in [0.15, 0.2) is 18.6 Å². The first kappa shape index (κ1) is 14.7. The Bertz CT molecular complexity index is 883. The molecule has 8 heteroatoms. The molecule has 3 fully saturated rings. The third-order valence-corrected chi connectivity index (χ3v) is 5.92. The lowest BCUT2D eigenvalue weighted by Crippen LogP contribution is -2.59. The number of carbonyl (C=O) groups excluding carboxylic acids is 1. The summed E-state index contributed by atoms with van der Waals surface area (Å²) in [6.07, 6.45) is 6.17. The quantitative estimate of drug-likeness (QED) is 0.808. The highest BCUT2D eigenvalue weighted by atomic mass is 16.4. The molecular weight excluding hydrogens is 322 g/mol. The molecule has 1 amide bonds. The Kier molecular flexibility index (Phi) is 2.77. The maximum absolute atomic E-state index is 12.9. The fourth-order valence-corrected chi connectivity index (χ4v) is 4.06. The van der Waals surface area contributed by atoms with Gasteiger partial charge in [-0.2, -0.15) is 0 Å². The Morgan fingerprint density at radius 3 is 2.64 bits per heavy atom. The summed E-state index contributed by atoms with van der Waals surface area (Å²) in [6.45, 7) is 1.90. The first-order chi connectivity index (χ1) is 12.1. The molecule has 8 nitrogen and oxygen atoms in total. The topological polar surface area (TPSA) is 102 Å².